The second-order valence-corrected chi connectivity index (χ2v) is 24.5. The summed E-state index contributed by atoms with van der Waals surface area (Å²) >= 11 is 7.23. The average Bonchev–Trinajstić information content (AvgIpc) is 3.86. The zero-order valence-electron chi connectivity index (χ0n) is 49.2. The first-order valence-electron chi connectivity index (χ1n) is 25.5. The molecule has 0 radical (unpaired) electrons. The highest BCUT2D eigenvalue weighted by Gasteiger charge is 2.52. The molecular weight excluding hydrogens is 1340 g/mol. The minimum atomic E-state index is -3.53. The molecule has 2 fully saturated rings. The van der Waals surface area contributed by atoms with Gasteiger partial charge in [0.2, 0.25) is 0 Å². The standard InChI is InChI=1S/C14H21BO3.C12H17BO3.2C9H12O3S.C8H9BrO.C6H5BrO.FI.H3N.H2O.2H2/c1-6-16-12-9-7-11(8-10-12)15-17-13(2,3)14(4,5)18-15;1-11(2)12(3,4)16-13(15-11)9-5-7-10(14)8-6-9;2*1-3-12-13(10,11)9-6-4-8(2)5-7-9;1-2-10-8-5-3-7(9)4-6-8;7-5-1-3-6(8)4-2-5;1-2;;;;/h7-10H,6H2,1-5H3;5-8,14H,1-4H3;2*4-7H,3H2,1-2H3;3-6H,2H2,1H3;1-4,8H;;1H3;1H2;2*1H. The lowest BCUT2D eigenvalue weighted by Gasteiger charge is -2.32. The van der Waals surface area contributed by atoms with E-state index in [1.165, 1.54) is 0 Å². The van der Waals surface area contributed by atoms with Crippen molar-refractivity contribution in [3.8, 4) is 23.0 Å². The zero-order valence-corrected chi connectivity index (χ0v) is 56.1. The number of hydrogen-bond donors (Lipinski definition) is 3. The molecule has 0 unspecified atom stereocenters. The van der Waals surface area contributed by atoms with Gasteiger partial charge >= 0.3 is 14.2 Å². The monoisotopic (exact) mass is 1430 g/mol. The maximum Gasteiger partial charge on any atom is 0.494 e. The van der Waals surface area contributed by atoms with Crippen LogP contribution in [0.25, 0.3) is 0 Å². The van der Waals surface area contributed by atoms with Crippen LogP contribution in [-0.2, 0) is 47.2 Å². The van der Waals surface area contributed by atoms with Gasteiger partial charge in [0.25, 0.3) is 20.2 Å². The Morgan fingerprint density at radius 1 is 0.463 bits per heavy atom. The summed E-state index contributed by atoms with van der Waals surface area (Å²) in [5.74, 6) is 2.34. The summed E-state index contributed by atoms with van der Waals surface area (Å²) in [6.45, 7) is 29.1. The van der Waals surface area contributed by atoms with Crippen LogP contribution in [0.15, 0.2) is 164 Å². The average molecular weight is 1430 g/mol. The van der Waals surface area contributed by atoms with E-state index >= 15 is 0 Å². The maximum absolute atomic E-state index is 11.3. The lowest BCUT2D eigenvalue weighted by Crippen LogP contribution is -2.41. The van der Waals surface area contributed by atoms with E-state index in [9.17, 15) is 24.8 Å². The Balaban J connectivity index is -0.000000937. The zero-order chi connectivity index (χ0) is 60.5. The minimum absolute atomic E-state index is 0. The molecule has 2 aliphatic heterocycles. The molecule has 0 saturated carbocycles. The van der Waals surface area contributed by atoms with Crippen LogP contribution in [-0.4, -0.2) is 95.6 Å². The Morgan fingerprint density at radius 2 is 0.707 bits per heavy atom. The van der Waals surface area contributed by atoms with E-state index in [1.807, 2.05) is 116 Å². The highest BCUT2D eigenvalue weighted by molar-refractivity contribution is 14.1. The minimum Gasteiger partial charge on any atom is -0.508 e. The fourth-order valence-electron chi connectivity index (χ4n) is 6.47. The van der Waals surface area contributed by atoms with Gasteiger partial charge in [0.05, 0.1) is 58.6 Å². The van der Waals surface area contributed by atoms with Crippen molar-refractivity contribution in [2.75, 3.05) is 26.4 Å². The summed E-state index contributed by atoms with van der Waals surface area (Å²) in [5, 5.41) is 18.0. The Bertz CT molecular complexity index is 2830. The van der Waals surface area contributed by atoms with E-state index < -0.39 is 20.2 Å². The van der Waals surface area contributed by atoms with Gasteiger partial charge in [-0.25, -0.2) is 0 Å². The van der Waals surface area contributed by atoms with E-state index in [0.717, 1.165) is 49.1 Å². The smallest absolute Gasteiger partial charge is 0.494 e. The molecule has 16 nitrogen and oxygen atoms in total. The fourth-order valence-corrected chi connectivity index (χ4v) is 8.83. The lowest BCUT2D eigenvalue weighted by molar-refractivity contribution is 0.00578. The number of hydrogen-bond acceptors (Lipinski definition) is 15. The van der Waals surface area contributed by atoms with Crippen LogP contribution in [0, 0.1) is 13.8 Å². The van der Waals surface area contributed by atoms with Crippen LogP contribution < -0.4 is 26.5 Å². The van der Waals surface area contributed by atoms with Crippen LogP contribution in [0.4, 0.5) is 2.86 Å². The summed E-state index contributed by atoms with van der Waals surface area (Å²) in [7, 11) is -7.71. The molecule has 7 N–H and O–H groups in total. The van der Waals surface area contributed by atoms with Gasteiger partial charge in [0.1, 0.15) is 23.0 Å². The summed E-state index contributed by atoms with van der Waals surface area (Å²) in [6, 6.07) is 42.6. The van der Waals surface area contributed by atoms with Crippen molar-refractivity contribution in [2.45, 2.75) is 129 Å². The first-order valence-corrected chi connectivity index (χ1v) is 30.8. The number of halogens is 4. The third-order valence-corrected chi connectivity index (χ3v) is 16.1. The molecule has 8 rings (SSSR count). The van der Waals surface area contributed by atoms with E-state index in [2.05, 4.69) is 67.9 Å². The molecule has 0 atom stereocenters. The number of rotatable bonds is 12. The van der Waals surface area contributed by atoms with E-state index in [-0.39, 0.29) is 79.9 Å². The van der Waals surface area contributed by atoms with Crippen molar-refractivity contribution in [1.29, 1.82) is 0 Å². The van der Waals surface area contributed by atoms with Crippen molar-refractivity contribution < 1.29 is 74.7 Å². The second-order valence-electron chi connectivity index (χ2n) is 19.5. The van der Waals surface area contributed by atoms with Crippen LogP contribution in [0.5, 0.6) is 23.0 Å². The number of benzene rings is 6. The molecule has 6 aromatic rings. The Kier molecular flexibility index (Phi) is 34.8. The van der Waals surface area contributed by atoms with Crippen molar-refractivity contribution in [3.05, 3.63) is 166 Å². The van der Waals surface area contributed by atoms with Crippen LogP contribution in [0.1, 0.15) is 97.1 Å². The van der Waals surface area contributed by atoms with Gasteiger partial charge in [-0.2, -0.15) is 19.7 Å². The number of aromatic hydroxyl groups is 2. The molecule has 0 spiro atoms. The first kappa shape index (κ1) is 77.8. The topological polar surface area (TPSA) is 249 Å². The summed E-state index contributed by atoms with van der Waals surface area (Å²) in [5.41, 5.74) is 2.76. The van der Waals surface area contributed by atoms with Gasteiger partial charge in [-0.05, 0) is 205 Å². The normalized spacial score (nSPS) is 14.8. The Hall–Kier alpha value is -4.15. The highest BCUT2D eigenvalue weighted by Crippen LogP contribution is 2.37. The van der Waals surface area contributed by atoms with E-state index in [0.29, 0.717) is 35.5 Å². The largest absolute Gasteiger partial charge is 0.508 e. The maximum atomic E-state index is 11.3. The second kappa shape index (κ2) is 36.6. The van der Waals surface area contributed by atoms with Gasteiger partial charge < -0.3 is 49.9 Å². The molecule has 24 heteroatoms. The number of phenols is 2. The van der Waals surface area contributed by atoms with Gasteiger partial charge in [-0.1, -0.05) is 91.5 Å². The van der Waals surface area contributed by atoms with Gasteiger partial charge in [-0.3, -0.25) is 8.37 Å². The Labute approximate surface area is 521 Å². The van der Waals surface area contributed by atoms with Crippen LogP contribution in [0.2, 0.25) is 0 Å². The third kappa shape index (κ3) is 26.0. The predicted molar refractivity (Wildman–Crippen MR) is 346 cm³/mol. The van der Waals surface area contributed by atoms with Gasteiger partial charge in [0, 0.05) is 11.8 Å². The predicted octanol–water partition coefficient (Wildman–Crippen LogP) is 13.7. The highest BCUT2D eigenvalue weighted by atomic mass is 127. The summed E-state index contributed by atoms with van der Waals surface area (Å²) in [4.78, 5) is 0.417. The molecule has 82 heavy (non-hydrogen) atoms. The van der Waals surface area contributed by atoms with Crippen molar-refractivity contribution in [2.24, 2.45) is 0 Å². The van der Waals surface area contributed by atoms with Crippen molar-refractivity contribution in [3.63, 3.8) is 0 Å². The molecule has 0 aliphatic carbocycles. The molecule has 6 aromatic carbocycles. The van der Waals surface area contributed by atoms with Crippen LogP contribution in [0.3, 0.4) is 0 Å². The van der Waals surface area contributed by atoms with E-state index in [1.54, 1.807) is 98.8 Å². The Morgan fingerprint density at radius 3 is 0.963 bits per heavy atom. The molecule has 2 heterocycles. The van der Waals surface area contributed by atoms with Crippen molar-refractivity contribution >= 4 is 100 Å². The third-order valence-electron chi connectivity index (χ3n) is 12.3. The van der Waals surface area contributed by atoms with E-state index in [4.69, 9.17) is 33.2 Å². The fraction of sp³-hybridized carbons (Fsp3) is 0.379. The molecule has 0 aromatic heterocycles. The van der Waals surface area contributed by atoms with Gasteiger partial charge in [-0.15, -0.1) is 0 Å². The van der Waals surface area contributed by atoms with Crippen molar-refractivity contribution in [1.82, 2.24) is 6.15 Å². The quantitative estimate of drug-likeness (QED) is 0.0585. The molecule has 0 bridgehead atoms. The number of aryl methyl sites for hydroxylation is 2. The number of phenolic OH excluding ortho intramolecular Hbond substituents is 2. The molecule has 458 valence electrons. The first-order chi connectivity index (χ1) is 37.4. The summed E-state index contributed by atoms with van der Waals surface area (Å²) in [6.07, 6.45) is 0. The van der Waals surface area contributed by atoms with Crippen LogP contribution >= 0.6 is 55.0 Å². The molecule has 0 amide bonds. The molecular formula is C58H85B2Br2FINO15S2. The molecule has 2 saturated heterocycles. The summed E-state index contributed by atoms with van der Waals surface area (Å²) < 4.78 is 100. The SMILES string of the molecule is CC1(C)OB(c2ccc(O)cc2)OC1(C)C.CCOS(=O)(=O)c1ccc(C)cc1.CCOS(=O)(=O)c1ccc(C)cc1.CCOc1ccc(B2OC(C)(C)C(C)(C)O2)cc1.CCOc1ccc(Br)cc1.FI.N.O.Oc1ccc(Br)cc1.[HH].[HH]. The van der Waals surface area contributed by atoms with Gasteiger partial charge in [0.15, 0.2) is 23.2 Å². The number of ether oxygens (including phenoxy) is 2. The molecule has 2 aliphatic rings. The lowest BCUT2D eigenvalue weighted by atomic mass is 9.79.